The third-order valence-corrected chi connectivity index (χ3v) is 6.66. The van der Waals surface area contributed by atoms with Crippen LogP contribution in [-0.4, -0.2) is 62.6 Å². The van der Waals surface area contributed by atoms with Crippen LogP contribution >= 0.6 is 11.8 Å². The Morgan fingerprint density at radius 2 is 1.54 bits per heavy atom. The third-order valence-electron chi connectivity index (χ3n) is 5.77. The number of aryl methyl sites for hydroxylation is 1. The lowest BCUT2D eigenvalue weighted by Crippen LogP contribution is -2.46. The maximum Gasteiger partial charge on any atom is 0.276 e. The van der Waals surface area contributed by atoms with Crippen LogP contribution in [-0.2, 0) is 18.7 Å². The van der Waals surface area contributed by atoms with Crippen LogP contribution < -0.4 is 0 Å². The number of nitro groups is 2. The van der Waals surface area contributed by atoms with Gasteiger partial charge < -0.3 is 9.32 Å². The summed E-state index contributed by atoms with van der Waals surface area (Å²) in [5.74, 6) is 0.789. The lowest BCUT2D eigenvalue weighted by Gasteiger charge is -2.34. The molecule has 2 aromatic carbocycles. The summed E-state index contributed by atoms with van der Waals surface area (Å²) in [5, 5.41) is 30.5. The monoisotopic (exact) mass is 498 g/mol. The van der Waals surface area contributed by atoms with E-state index in [4.69, 9.17) is 4.42 Å². The number of thioether (sulfide) groups is 1. The summed E-state index contributed by atoms with van der Waals surface area (Å²) in [6, 6.07) is 14.1. The van der Waals surface area contributed by atoms with Gasteiger partial charge in [0.1, 0.15) is 0 Å². The largest absolute Gasteiger partial charge is 0.416 e. The van der Waals surface area contributed by atoms with Crippen molar-refractivity contribution in [2.75, 3.05) is 32.7 Å². The lowest BCUT2D eigenvalue weighted by atomic mass is 10.2. The van der Waals surface area contributed by atoms with Crippen molar-refractivity contribution < 1.29 is 14.3 Å². The van der Waals surface area contributed by atoms with Gasteiger partial charge in [0, 0.05) is 57.0 Å². The fourth-order valence-corrected chi connectivity index (χ4v) is 4.67. The number of piperazine rings is 1. The van der Waals surface area contributed by atoms with Crippen molar-refractivity contribution in [3.8, 4) is 0 Å². The molecule has 0 saturated carbocycles. The molecule has 0 atom stereocenters. The Bertz CT molecular complexity index is 1120. The van der Waals surface area contributed by atoms with E-state index in [-0.39, 0.29) is 17.1 Å². The molecule has 0 aliphatic carbocycles. The van der Waals surface area contributed by atoms with Gasteiger partial charge in [-0.15, -0.1) is 10.2 Å². The van der Waals surface area contributed by atoms with Crippen molar-refractivity contribution in [2.45, 2.75) is 30.4 Å². The van der Waals surface area contributed by atoms with Crippen molar-refractivity contribution in [1.82, 2.24) is 20.0 Å². The van der Waals surface area contributed by atoms with E-state index in [9.17, 15) is 20.2 Å². The van der Waals surface area contributed by atoms with Gasteiger partial charge in [-0.3, -0.25) is 25.1 Å². The first-order valence-electron chi connectivity index (χ1n) is 11.3. The van der Waals surface area contributed by atoms with Crippen molar-refractivity contribution in [3.63, 3.8) is 0 Å². The van der Waals surface area contributed by atoms with Crippen molar-refractivity contribution in [1.29, 1.82) is 0 Å². The van der Waals surface area contributed by atoms with Crippen LogP contribution in [0.3, 0.4) is 0 Å². The standard InChI is InChI=1S/C23H26N6O5S/c30-28(31)20-13-19(14-21(15-20)29(32)33)17-35-23-25-24-22(34-23)7-4-8-26-9-11-27(12-10-26)16-18-5-2-1-3-6-18/h1-3,5-6,13-15H,4,7-12,16-17H2. The SMILES string of the molecule is O=[N+]([O-])c1cc(CSc2nnc(CCCN3CCN(Cc4ccccc4)CC3)o2)cc([N+](=O)[O-])c1. The number of benzene rings is 2. The van der Waals surface area contributed by atoms with Gasteiger partial charge in [0.25, 0.3) is 16.6 Å². The normalized spacial score (nSPS) is 14.7. The molecule has 4 rings (SSSR count). The fourth-order valence-electron chi connectivity index (χ4n) is 3.96. The second-order valence-corrected chi connectivity index (χ2v) is 9.26. The van der Waals surface area contributed by atoms with E-state index in [0.29, 0.717) is 23.1 Å². The summed E-state index contributed by atoms with van der Waals surface area (Å²) in [6.45, 7) is 6.11. The van der Waals surface area contributed by atoms with Crippen molar-refractivity contribution in [3.05, 3.63) is 85.8 Å². The first-order valence-corrected chi connectivity index (χ1v) is 12.3. The minimum Gasteiger partial charge on any atom is -0.416 e. The predicted molar refractivity (Wildman–Crippen MR) is 130 cm³/mol. The van der Waals surface area contributed by atoms with E-state index in [0.717, 1.165) is 51.8 Å². The van der Waals surface area contributed by atoms with Crippen LogP contribution in [0.15, 0.2) is 58.2 Å². The third kappa shape index (κ3) is 7.31. The van der Waals surface area contributed by atoms with Crippen molar-refractivity contribution >= 4 is 23.1 Å². The van der Waals surface area contributed by atoms with E-state index in [1.165, 1.54) is 29.5 Å². The Balaban J connectivity index is 1.19. The fraction of sp³-hybridized carbons (Fsp3) is 0.391. The first kappa shape index (κ1) is 24.8. The first-order chi connectivity index (χ1) is 17.0. The molecule has 11 nitrogen and oxygen atoms in total. The second kappa shape index (κ2) is 11.9. The molecule has 2 heterocycles. The van der Waals surface area contributed by atoms with Crippen LogP contribution in [0.4, 0.5) is 11.4 Å². The quantitative estimate of drug-likeness (QED) is 0.218. The number of nitrogens with zero attached hydrogens (tertiary/aromatic N) is 6. The van der Waals surface area contributed by atoms with Crippen LogP contribution in [0.1, 0.15) is 23.4 Å². The zero-order valence-electron chi connectivity index (χ0n) is 19.1. The molecule has 0 bridgehead atoms. The number of hydrogen-bond acceptors (Lipinski definition) is 10. The minimum atomic E-state index is -0.644. The van der Waals surface area contributed by atoms with Crippen LogP contribution in [0, 0.1) is 20.2 Å². The molecule has 0 unspecified atom stereocenters. The van der Waals surface area contributed by atoms with E-state index >= 15 is 0 Å². The van der Waals surface area contributed by atoms with Gasteiger partial charge in [0.2, 0.25) is 5.89 Å². The van der Waals surface area contributed by atoms with E-state index in [1.54, 1.807) is 0 Å². The molecule has 1 aliphatic heterocycles. The minimum absolute atomic E-state index is 0.247. The van der Waals surface area contributed by atoms with Crippen LogP contribution in [0.25, 0.3) is 0 Å². The summed E-state index contributed by atoms with van der Waals surface area (Å²) in [4.78, 5) is 25.7. The predicted octanol–water partition coefficient (Wildman–Crippen LogP) is 3.93. The highest BCUT2D eigenvalue weighted by molar-refractivity contribution is 7.98. The van der Waals surface area contributed by atoms with E-state index in [2.05, 4.69) is 44.3 Å². The van der Waals surface area contributed by atoms with Gasteiger partial charge in [-0.05, 0) is 24.1 Å². The zero-order chi connectivity index (χ0) is 24.6. The topological polar surface area (TPSA) is 132 Å². The molecule has 0 amide bonds. The molecule has 0 N–H and O–H groups in total. The van der Waals surface area contributed by atoms with Gasteiger partial charge in [0.15, 0.2) is 0 Å². The Hall–Kier alpha value is -3.35. The van der Waals surface area contributed by atoms with Crippen LogP contribution in [0.2, 0.25) is 0 Å². The van der Waals surface area contributed by atoms with Crippen LogP contribution in [0.5, 0.6) is 0 Å². The summed E-state index contributed by atoms with van der Waals surface area (Å²) in [5.41, 5.74) is 1.15. The zero-order valence-corrected chi connectivity index (χ0v) is 19.9. The molecule has 35 heavy (non-hydrogen) atoms. The van der Waals surface area contributed by atoms with Gasteiger partial charge in [-0.2, -0.15) is 0 Å². The smallest absolute Gasteiger partial charge is 0.276 e. The molecular formula is C23H26N6O5S. The van der Waals surface area contributed by atoms with Gasteiger partial charge >= 0.3 is 0 Å². The highest BCUT2D eigenvalue weighted by Crippen LogP contribution is 2.28. The number of hydrogen-bond donors (Lipinski definition) is 0. The van der Waals surface area contributed by atoms with Crippen molar-refractivity contribution in [2.24, 2.45) is 0 Å². The van der Waals surface area contributed by atoms with E-state index in [1.807, 2.05) is 6.07 Å². The van der Waals surface area contributed by atoms with E-state index < -0.39 is 9.85 Å². The Labute approximate surface area is 206 Å². The van der Waals surface area contributed by atoms with Gasteiger partial charge in [-0.1, -0.05) is 42.1 Å². The van der Waals surface area contributed by atoms with Gasteiger partial charge in [0.05, 0.1) is 15.9 Å². The van der Waals surface area contributed by atoms with Gasteiger partial charge in [-0.25, -0.2) is 0 Å². The summed E-state index contributed by atoms with van der Waals surface area (Å²) >= 11 is 1.20. The summed E-state index contributed by atoms with van der Waals surface area (Å²) in [6.07, 6.45) is 1.57. The number of rotatable bonds is 11. The molecule has 1 saturated heterocycles. The summed E-state index contributed by atoms with van der Waals surface area (Å²) < 4.78 is 5.68. The Morgan fingerprint density at radius 1 is 0.886 bits per heavy atom. The molecule has 1 aliphatic rings. The molecule has 1 aromatic heterocycles. The molecule has 1 fully saturated rings. The molecule has 12 heteroatoms. The second-order valence-electron chi connectivity index (χ2n) is 8.33. The average Bonchev–Trinajstić information content (AvgIpc) is 3.32. The summed E-state index contributed by atoms with van der Waals surface area (Å²) in [7, 11) is 0. The molecule has 184 valence electrons. The maximum absolute atomic E-state index is 11.0. The Kier molecular flexibility index (Phi) is 8.40. The lowest BCUT2D eigenvalue weighted by molar-refractivity contribution is -0.394. The number of nitro benzene ring substituents is 2. The number of aromatic nitrogens is 2. The maximum atomic E-state index is 11.0. The average molecular weight is 499 g/mol. The molecule has 3 aromatic rings. The molecule has 0 spiro atoms. The highest BCUT2D eigenvalue weighted by atomic mass is 32.2. The highest BCUT2D eigenvalue weighted by Gasteiger charge is 2.18. The molecule has 0 radical (unpaired) electrons. The molecular weight excluding hydrogens is 472 g/mol. The number of non-ortho nitro benzene ring substituents is 2. The Morgan fingerprint density at radius 3 is 2.20 bits per heavy atom.